The molecule has 0 bridgehead atoms. The van der Waals surface area contributed by atoms with Crippen LogP contribution in [0.5, 0.6) is 0 Å². The van der Waals surface area contributed by atoms with Crippen molar-refractivity contribution in [3.63, 3.8) is 0 Å². The molecule has 0 heterocycles. The van der Waals surface area contributed by atoms with E-state index < -0.39 is 15.9 Å². The van der Waals surface area contributed by atoms with Crippen molar-refractivity contribution in [2.75, 3.05) is 151 Å². The van der Waals surface area contributed by atoms with Gasteiger partial charge in [-0.3, -0.25) is 33.7 Å². The summed E-state index contributed by atoms with van der Waals surface area (Å²) in [6.07, 6.45) is 108. The summed E-state index contributed by atoms with van der Waals surface area (Å²) in [5.41, 5.74) is 0. The van der Waals surface area contributed by atoms with Gasteiger partial charge in [0.25, 0.3) is 0 Å². The van der Waals surface area contributed by atoms with Crippen molar-refractivity contribution in [3.05, 3.63) is 60.8 Å². The number of hydrogen-bond donors (Lipinski definition) is 1. The molecule has 0 fully saturated rings. The van der Waals surface area contributed by atoms with E-state index in [9.17, 15) is 41.7 Å². The standard InChI is InChI=1S/C121H228N6O14S/c1-8-13-18-23-28-33-38-43-48-53-58-63-68-73-78-83-110-137-117(129)90-97-123(96-89-116(128)122-95-109-127(6,7)108-88-115-142(134,135)136)102-105-126(106-103-124(98-91-118(130)138-111-84-79-74-69-64-59-54-49-44-39-34-29-24-19-14-9-2)99-92-119(131)139-112-85-80-75-70-65-60-55-50-45-40-35-30-25-20-15-10-3)107-104-125(100-93-120(132)140-113-86-81-76-71-66-61-56-51-46-41-36-31-26-21-16-11-4)101-94-121(133)141-114-87-82-77-72-67-62-57-52-47-42-37-32-27-22-17-12-5/h43-52H,8-42,53-115H2,1-7H3,(H-,122,128,134,135,136)/b48-43-,49-44-,50-45-,51-46-,52-47-. The molecule has 1 amide bonds. The van der Waals surface area contributed by atoms with Gasteiger partial charge in [0, 0.05) is 97.1 Å². The third-order valence-electron chi connectivity index (χ3n) is 27.8. The van der Waals surface area contributed by atoms with Gasteiger partial charge in [0.1, 0.15) is 0 Å². The lowest BCUT2D eigenvalue weighted by Gasteiger charge is -2.32. The van der Waals surface area contributed by atoms with Gasteiger partial charge in [0.05, 0.1) is 109 Å². The average molecular weight is 2020 g/mol. The first kappa shape index (κ1) is 137. The highest BCUT2D eigenvalue weighted by Gasteiger charge is 2.22. The highest BCUT2D eigenvalue weighted by Crippen LogP contribution is 2.20. The Kier molecular flexibility index (Phi) is 105. The molecule has 20 nitrogen and oxygen atoms in total. The molecule has 0 aliphatic rings. The molecule has 0 radical (unpaired) electrons. The zero-order valence-corrected chi connectivity index (χ0v) is 94.7. The second kappa shape index (κ2) is 109. The predicted octanol–water partition coefficient (Wildman–Crippen LogP) is 30.6. The number of nitrogens with one attached hydrogen (secondary N) is 1. The maximum atomic E-state index is 13.9. The molecule has 832 valence electrons. The van der Waals surface area contributed by atoms with Crippen LogP contribution in [-0.4, -0.2) is 224 Å². The summed E-state index contributed by atoms with van der Waals surface area (Å²) >= 11 is 0. The second-order valence-electron chi connectivity index (χ2n) is 42.0. The number of amides is 1. The summed E-state index contributed by atoms with van der Waals surface area (Å²) in [7, 11) is -0.452. The van der Waals surface area contributed by atoms with E-state index in [4.69, 9.17) is 23.7 Å². The van der Waals surface area contributed by atoms with Crippen LogP contribution < -0.4 is 5.32 Å². The first-order valence-electron chi connectivity index (χ1n) is 60.3. The lowest BCUT2D eigenvalue weighted by Crippen LogP contribution is -2.47. The normalized spacial score (nSPS) is 12.2. The van der Waals surface area contributed by atoms with Crippen LogP contribution in [0.2, 0.25) is 0 Å². The van der Waals surface area contributed by atoms with Gasteiger partial charge in [-0.2, -0.15) is 0 Å². The summed E-state index contributed by atoms with van der Waals surface area (Å²) in [5.74, 6) is -1.97. The summed E-state index contributed by atoms with van der Waals surface area (Å²) < 4.78 is 64.4. The fraction of sp³-hybridized carbons (Fsp3) is 0.868. The van der Waals surface area contributed by atoms with Gasteiger partial charge in [-0.05, 0) is 161 Å². The van der Waals surface area contributed by atoms with E-state index >= 15 is 0 Å². The number of nitrogens with zero attached hydrogens (tertiary/aromatic N) is 5. The smallest absolute Gasteiger partial charge is 0.307 e. The Morgan fingerprint density at radius 2 is 0.401 bits per heavy atom. The number of likely N-dealkylation sites (N-methyl/N-ethyl adjacent to an activating group) is 1. The monoisotopic (exact) mass is 2020 g/mol. The fourth-order valence-corrected chi connectivity index (χ4v) is 18.6. The van der Waals surface area contributed by atoms with E-state index in [0.717, 1.165) is 161 Å². The fourth-order valence-electron chi connectivity index (χ4n) is 18.1. The Balaban J connectivity index is 7.12. The number of esters is 5. The number of quaternary nitrogens is 1. The molecule has 0 aromatic heterocycles. The minimum absolute atomic E-state index is 0.128. The largest absolute Gasteiger partial charge is 0.748 e. The van der Waals surface area contributed by atoms with E-state index in [1.54, 1.807) is 0 Å². The molecular weight excluding hydrogens is 1790 g/mol. The molecule has 0 saturated carbocycles. The molecule has 21 heteroatoms. The molecule has 0 aliphatic heterocycles. The third kappa shape index (κ3) is 108. The molecule has 0 atom stereocenters. The SMILES string of the molecule is CCCCCCCC/C=C\CCCCCCCCOC(=O)CCN(CCC(=O)NCC[N+](C)(C)CCCS(=O)(=O)[O-])CCN(CCN(CCC(=O)OCCCCCCCC/C=C\CCCCCCCC)CCC(=O)OCCCCCCCC/C=C\CCCCCCCC)CCN(CCC(=O)OCCCCCCCC/C=C\CCCCCCCC)CCC(=O)OCCCCCCCC/C=C\CCCCCCCC. The van der Waals surface area contributed by atoms with Crippen molar-refractivity contribution in [3.8, 4) is 0 Å². The number of unbranched alkanes of at least 4 members (excludes halogenated alkanes) is 60. The van der Waals surface area contributed by atoms with E-state index in [1.807, 2.05) is 14.1 Å². The van der Waals surface area contributed by atoms with Crippen LogP contribution in [-0.2, 0) is 62.6 Å². The first-order chi connectivity index (χ1) is 69.4. The summed E-state index contributed by atoms with van der Waals surface area (Å²) in [6.45, 7) is 19.6. The molecule has 0 spiro atoms. The van der Waals surface area contributed by atoms with Crippen LogP contribution in [0.4, 0.5) is 0 Å². The Hall–Kier alpha value is -4.77. The zero-order chi connectivity index (χ0) is 103. The predicted molar refractivity (Wildman–Crippen MR) is 600 cm³/mol. The van der Waals surface area contributed by atoms with Gasteiger partial charge < -0.3 is 52.7 Å². The van der Waals surface area contributed by atoms with Crippen molar-refractivity contribution >= 4 is 45.9 Å². The van der Waals surface area contributed by atoms with Crippen LogP contribution in [0.25, 0.3) is 0 Å². The van der Waals surface area contributed by atoms with Crippen LogP contribution in [0, 0.1) is 0 Å². The van der Waals surface area contributed by atoms with Crippen molar-refractivity contribution in [1.82, 2.24) is 24.9 Å². The number of ether oxygens (including phenoxy) is 5. The van der Waals surface area contributed by atoms with E-state index in [1.165, 1.54) is 289 Å². The lowest BCUT2D eigenvalue weighted by molar-refractivity contribution is -0.889. The molecule has 0 saturated heterocycles. The van der Waals surface area contributed by atoms with Crippen molar-refractivity contribution < 1.29 is 69.9 Å². The molecule has 0 unspecified atom stereocenters. The van der Waals surface area contributed by atoms with Crippen LogP contribution in [0.3, 0.4) is 0 Å². The van der Waals surface area contributed by atoms with E-state index in [2.05, 4.69) is 120 Å². The van der Waals surface area contributed by atoms with Gasteiger partial charge in [-0.1, -0.05) is 384 Å². The lowest BCUT2D eigenvalue weighted by atomic mass is 10.1. The van der Waals surface area contributed by atoms with Gasteiger partial charge in [0.15, 0.2) is 0 Å². The van der Waals surface area contributed by atoms with Crippen molar-refractivity contribution in [1.29, 1.82) is 0 Å². The Bertz CT molecular complexity index is 2810. The van der Waals surface area contributed by atoms with E-state index in [-0.39, 0.29) is 80.7 Å². The van der Waals surface area contributed by atoms with Crippen molar-refractivity contribution in [2.24, 2.45) is 0 Å². The molecule has 0 aromatic rings. The van der Waals surface area contributed by atoms with Gasteiger partial charge in [-0.25, -0.2) is 8.42 Å². The minimum atomic E-state index is -4.35. The summed E-state index contributed by atoms with van der Waals surface area (Å²) in [6, 6.07) is 0. The highest BCUT2D eigenvalue weighted by atomic mass is 32.2. The second-order valence-corrected chi connectivity index (χ2v) is 43.5. The van der Waals surface area contributed by atoms with Crippen LogP contribution in [0.1, 0.15) is 529 Å². The zero-order valence-electron chi connectivity index (χ0n) is 93.9. The Morgan fingerprint density at radius 3 is 0.592 bits per heavy atom. The number of rotatable bonds is 114. The Morgan fingerprint density at radius 1 is 0.232 bits per heavy atom. The topological polar surface area (TPSA) is 231 Å². The highest BCUT2D eigenvalue weighted by molar-refractivity contribution is 7.85. The minimum Gasteiger partial charge on any atom is -0.748 e. The summed E-state index contributed by atoms with van der Waals surface area (Å²) in [5, 5.41) is 3.08. The van der Waals surface area contributed by atoms with Gasteiger partial charge in [-0.15, -0.1) is 0 Å². The summed E-state index contributed by atoms with van der Waals surface area (Å²) in [4.78, 5) is 91.6. The third-order valence-corrected chi connectivity index (χ3v) is 28.6. The quantitative estimate of drug-likeness (QED) is 0.0149. The molecule has 0 rings (SSSR count). The van der Waals surface area contributed by atoms with Crippen LogP contribution >= 0.6 is 0 Å². The number of carbonyl (C=O) groups is 6. The number of hydrogen-bond acceptors (Lipinski definition) is 18. The molecule has 142 heavy (non-hydrogen) atoms. The molecule has 1 N–H and O–H groups in total. The Labute approximate surface area is 876 Å². The maximum Gasteiger partial charge on any atom is 0.307 e. The molecular formula is C121H228N6O14S. The number of carbonyl (C=O) groups excluding carboxylic acids is 6. The maximum absolute atomic E-state index is 13.9. The van der Waals surface area contributed by atoms with Gasteiger partial charge >= 0.3 is 29.8 Å². The molecule has 0 aliphatic carbocycles. The average Bonchev–Trinajstić information content (AvgIpc) is 0.915. The first-order valence-corrected chi connectivity index (χ1v) is 61.9. The van der Waals surface area contributed by atoms with E-state index in [0.29, 0.717) is 136 Å². The van der Waals surface area contributed by atoms with Crippen molar-refractivity contribution in [2.45, 2.75) is 529 Å². The molecule has 0 aromatic carbocycles. The number of allylic oxidation sites excluding steroid dienone is 10. The van der Waals surface area contributed by atoms with Gasteiger partial charge in [0.2, 0.25) is 5.91 Å². The van der Waals surface area contributed by atoms with Crippen LogP contribution in [0.15, 0.2) is 60.8 Å².